The molecule has 1 N–H and O–H groups in total. The van der Waals surface area contributed by atoms with Crippen LogP contribution in [-0.4, -0.2) is 16.9 Å². The van der Waals surface area contributed by atoms with Gasteiger partial charge in [0.05, 0.1) is 11.8 Å². The third kappa shape index (κ3) is 2.52. The van der Waals surface area contributed by atoms with Gasteiger partial charge < -0.3 is 5.32 Å². The molecule has 0 saturated heterocycles. The van der Waals surface area contributed by atoms with Crippen molar-refractivity contribution in [2.45, 2.75) is 26.3 Å². The molecule has 0 spiro atoms. The fraction of sp³-hybridized carbons (Fsp3) is 0.400. The van der Waals surface area contributed by atoms with Crippen LogP contribution in [0.5, 0.6) is 0 Å². The van der Waals surface area contributed by atoms with Gasteiger partial charge >= 0.3 is 0 Å². The molecule has 0 bridgehead atoms. The Labute approximate surface area is 82.4 Å². The van der Waals surface area contributed by atoms with Crippen LogP contribution in [0, 0.1) is 5.82 Å². The number of nitrogens with one attached hydrogen (secondary N) is 1. The molecule has 0 aliphatic carbocycles. The first-order valence-corrected chi connectivity index (χ1v) is 4.55. The molecular weight excluding hydrogens is 183 g/mol. The number of nitrogens with zero attached hydrogens (tertiary/aromatic N) is 1. The average molecular weight is 196 g/mol. The zero-order valence-corrected chi connectivity index (χ0v) is 8.25. The van der Waals surface area contributed by atoms with E-state index in [1.165, 1.54) is 12.3 Å². The Balaban J connectivity index is 2.75. The van der Waals surface area contributed by atoms with Gasteiger partial charge in [-0.2, -0.15) is 0 Å². The minimum atomic E-state index is -0.590. The second kappa shape index (κ2) is 4.69. The molecule has 3 nitrogen and oxygen atoms in total. The average Bonchev–Trinajstić information content (AvgIpc) is 2.18. The van der Waals surface area contributed by atoms with Crippen LogP contribution >= 0.6 is 0 Å². The molecule has 1 atom stereocenters. The van der Waals surface area contributed by atoms with Crippen molar-refractivity contribution >= 4 is 5.91 Å². The molecule has 0 aliphatic heterocycles. The number of hydrogen-bond acceptors (Lipinski definition) is 2. The van der Waals surface area contributed by atoms with Gasteiger partial charge in [-0.25, -0.2) is 4.39 Å². The van der Waals surface area contributed by atoms with Crippen LogP contribution in [0.2, 0.25) is 0 Å². The first-order chi connectivity index (χ1) is 6.65. The van der Waals surface area contributed by atoms with Crippen molar-refractivity contribution < 1.29 is 9.18 Å². The summed E-state index contributed by atoms with van der Waals surface area (Å²) < 4.78 is 13.1. The van der Waals surface area contributed by atoms with Crippen LogP contribution in [0.3, 0.4) is 0 Å². The van der Waals surface area contributed by atoms with E-state index >= 15 is 0 Å². The molecule has 76 valence electrons. The molecule has 0 fully saturated rings. The predicted molar refractivity (Wildman–Crippen MR) is 51.4 cm³/mol. The van der Waals surface area contributed by atoms with E-state index in [-0.39, 0.29) is 17.5 Å². The van der Waals surface area contributed by atoms with Gasteiger partial charge in [0.1, 0.15) is 0 Å². The van der Waals surface area contributed by atoms with Crippen LogP contribution in [0.15, 0.2) is 18.5 Å². The van der Waals surface area contributed by atoms with Gasteiger partial charge in [-0.05, 0) is 19.4 Å². The summed E-state index contributed by atoms with van der Waals surface area (Å²) in [6.45, 7) is 3.82. The Morgan fingerprint density at radius 2 is 2.43 bits per heavy atom. The molecular formula is C10H13FN2O. The van der Waals surface area contributed by atoms with Crippen LogP contribution in [0.4, 0.5) is 4.39 Å². The minimum absolute atomic E-state index is 0.0419. The molecule has 1 amide bonds. The lowest BCUT2D eigenvalue weighted by molar-refractivity contribution is 0.0935. The first-order valence-electron chi connectivity index (χ1n) is 4.55. The molecule has 1 unspecified atom stereocenters. The fourth-order valence-corrected chi connectivity index (χ4v) is 0.963. The van der Waals surface area contributed by atoms with Gasteiger partial charge in [0, 0.05) is 12.2 Å². The molecule has 1 rings (SSSR count). The maximum absolute atomic E-state index is 13.1. The van der Waals surface area contributed by atoms with Gasteiger partial charge in [0.2, 0.25) is 0 Å². The summed E-state index contributed by atoms with van der Waals surface area (Å²) >= 11 is 0. The summed E-state index contributed by atoms with van der Waals surface area (Å²) in [6, 6.07) is 1.42. The maximum Gasteiger partial charge on any atom is 0.254 e. The largest absolute Gasteiger partial charge is 0.350 e. The number of carbonyl (C=O) groups excluding carboxylic acids is 1. The molecule has 4 heteroatoms. The normalized spacial score (nSPS) is 12.2. The SMILES string of the molecule is CCC(C)NC(=O)c1ccncc1F. The number of amides is 1. The summed E-state index contributed by atoms with van der Waals surface area (Å²) in [7, 11) is 0. The van der Waals surface area contributed by atoms with Crippen LogP contribution in [0.25, 0.3) is 0 Å². The molecule has 14 heavy (non-hydrogen) atoms. The highest BCUT2D eigenvalue weighted by molar-refractivity contribution is 5.94. The third-order valence-corrected chi connectivity index (χ3v) is 2.01. The smallest absolute Gasteiger partial charge is 0.254 e. The molecule has 1 aromatic heterocycles. The molecule has 0 aliphatic rings. The Bertz CT molecular complexity index is 328. The maximum atomic E-state index is 13.1. The Morgan fingerprint density at radius 1 is 1.71 bits per heavy atom. The molecule has 0 saturated carbocycles. The van der Waals surface area contributed by atoms with E-state index < -0.39 is 5.82 Å². The van der Waals surface area contributed by atoms with Gasteiger partial charge in [-0.3, -0.25) is 9.78 Å². The van der Waals surface area contributed by atoms with Gasteiger partial charge in [-0.1, -0.05) is 6.92 Å². The summed E-state index contributed by atoms with van der Waals surface area (Å²) in [4.78, 5) is 15.0. The van der Waals surface area contributed by atoms with Crippen LogP contribution < -0.4 is 5.32 Å². The van der Waals surface area contributed by atoms with Crippen molar-refractivity contribution in [3.05, 3.63) is 29.8 Å². The van der Waals surface area contributed by atoms with Crippen molar-refractivity contribution in [1.82, 2.24) is 10.3 Å². The van der Waals surface area contributed by atoms with E-state index in [1.54, 1.807) is 0 Å². The Hall–Kier alpha value is -1.45. The van der Waals surface area contributed by atoms with Crippen molar-refractivity contribution in [2.24, 2.45) is 0 Å². The quantitative estimate of drug-likeness (QED) is 0.800. The third-order valence-electron chi connectivity index (χ3n) is 2.01. The van der Waals surface area contributed by atoms with Crippen molar-refractivity contribution in [3.63, 3.8) is 0 Å². The summed E-state index contributed by atoms with van der Waals surface area (Å²) in [5.74, 6) is -0.979. The van der Waals surface area contributed by atoms with Crippen LogP contribution in [0.1, 0.15) is 30.6 Å². The van der Waals surface area contributed by atoms with Gasteiger partial charge in [0.15, 0.2) is 5.82 Å². The van der Waals surface area contributed by atoms with E-state index in [2.05, 4.69) is 10.3 Å². The highest BCUT2D eigenvalue weighted by atomic mass is 19.1. The number of halogens is 1. The monoisotopic (exact) mass is 196 g/mol. The molecule has 1 heterocycles. The predicted octanol–water partition coefficient (Wildman–Crippen LogP) is 1.75. The van der Waals surface area contributed by atoms with Crippen molar-refractivity contribution in [2.75, 3.05) is 0 Å². The number of rotatable bonds is 3. The molecule has 1 aromatic rings. The van der Waals surface area contributed by atoms with E-state index in [1.807, 2.05) is 13.8 Å². The summed E-state index contributed by atoms with van der Waals surface area (Å²) in [5, 5.41) is 2.68. The zero-order valence-electron chi connectivity index (χ0n) is 8.25. The summed E-state index contributed by atoms with van der Waals surface area (Å²) in [5.41, 5.74) is 0.0419. The first kappa shape index (κ1) is 10.6. The highest BCUT2D eigenvalue weighted by Gasteiger charge is 2.12. The topological polar surface area (TPSA) is 42.0 Å². The lowest BCUT2D eigenvalue weighted by Crippen LogP contribution is -2.32. The fourth-order valence-electron chi connectivity index (χ4n) is 0.963. The van der Waals surface area contributed by atoms with Crippen molar-refractivity contribution in [3.8, 4) is 0 Å². The zero-order chi connectivity index (χ0) is 10.6. The van der Waals surface area contributed by atoms with E-state index in [9.17, 15) is 9.18 Å². The second-order valence-corrected chi connectivity index (χ2v) is 3.14. The standard InChI is InChI=1S/C10H13FN2O/c1-3-7(2)13-10(14)8-4-5-12-6-9(8)11/h4-7H,3H2,1-2H3,(H,13,14). The Kier molecular flexibility index (Phi) is 3.56. The summed E-state index contributed by atoms with van der Waals surface area (Å²) in [6.07, 6.45) is 3.25. The van der Waals surface area contributed by atoms with E-state index in [0.717, 1.165) is 12.6 Å². The lowest BCUT2D eigenvalue weighted by atomic mass is 10.2. The number of aromatic nitrogens is 1. The van der Waals surface area contributed by atoms with E-state index in [4.69, 9.17) is 0 Å². The van der Waals surface area contributed by atoms with Gasteiger partial charge in [0.25, 0.3) is 5.91 Å². The number of pyridine rings is 1. The number of carbonyl (C=O) groups is 1. The minimum Gasteiger partial charge on any atom is -0.350 e. The highest BCUT2D eigenvalue weighted by Crippen LogP contribution is 2.04. The van der Waals surface area contributed by atoms with E-state index in [0.29, 0.717) is 0 Å². The Morgan fingerprint density at radius 3 is 3.00 bits per heavy atom. The number of hydrogen-bond donors (Lipinski definition) is 1. The molecule has 0 aromatic carbocycles. The van der Waals surface area contributed by atoms with Crippen LogP contribution in [-0.2, 0) is 0 Å². The second-order valence-electron chi connectivity index (χ2n) is 3.14. The van der Waals surface area contributed by atoms with Crippen molar-refractivity contribution in [1.29, 1.82) is 0 Å². The van der Waals surface area contributed by atoms with Gasteiger partial charge in [-0.15, -0.1) is 0 Å². The lowest BCUT2D eigenvalue weighted by Gasteiger charge is -2.11. The molecule has 0 radical (unpaired) electrons.